The van der Waals surface area contributed by atoms with Gasteiger partial charge in [0.05, 0.1) is 16.1 Å². The molecule has 0 bridgehead atoms. The lowest BCUT2D eigenvalue weighted by atomic mass is 10.0. The molecule has 1 N–H and O–H groups in total. The van der Waals surface area contributed by atoms with Gasteiger partial charge in [-0.25, -0.2) is 4.98 Å². The van der Waals surface area contributed by atoms with Crippen molar-refractivity contribution in [3.05, 3.63) is 52.8 Å². The topological polar surface area (TPSA) is 90.6 Å². The van der Waals surface area contributed by atoms with Crippen molar-refractivity contribution in [3.8, 4) is 11.5 Å². The molecule has 1 aliphatic heterocycles. The SMILES string of the molecule is Cc1nnc2c(NCCCCCC(=O)c3ccccc3Cl)nc3cc4c(cc3n12)OCCO4. The van der Waals surface area contributed by atoms with Gasteiger partial charge >= 0.3 is 0 Å². The van der Waals surface area contributed by atoms with Crippen molar-refractivity contribution in [2.45, 2.75) is 32.6 Å². The average molecular weight is 466 g/mol. The standard InChI is InChI=1S/C24H24ClN5O3/c1-15-28-29-24-23(26-10-6-2-3-9-20(31)16-7-4-5-8-17(16)25)27-18-13-21-22(33-12-11-32-21)14-19(18)30(15)24/h4-5,7-8,13-14H,2-3,6,9-12H2,1H3,(H,26,27). The van der Waals surface area contributed by atoms with Crippen LogP contribution in [-0.2, 0) is 0 Å². The number of benzene rings is 2. The highest BCUT2D eigenvalue weighted by Gasteiger charge is 2.18. The molecule has 5 rings (SSSR count). The summed E-state index contributed by atoms with van der Waals surface area (Å²) in [6.45, 7) is 3.68. The minimum absolute atomic E-state index is 0.0833. The molecule has 8 nitrogen and oxygen atoms in total. The lowest BCUT2D eigenvalue weighted by Crippen LogP contribution is -2.15. The highest BCUT2D eigenvalue weighted by Crippen LogP contribution is 2.35. The fourth-order valence-electron chi connectivity index (χ4n) is 4.05. The van der Waals surface area contributed by atoms with Gasteiger partial charge in [0, 0.05) is 30.7 Å². The van der Waals surface area contributed by atoms with Crippen LogP contribution < -0.4 is 14.8 Å². The van der Waals surface area contributed by atoms with Crippen molar-refractivity contribution in [3.63, 3.8) is 0 Å². The fourth-order valence-corrected chi connectivity index (χ4v) is 4.29. The summed E-state index contributed by atoms with van der Waals surface area (Å²) < 4.78 is 13.4. The largest absolute Gasteiger partial charge is 0.486 e. The summed E-state index contributed by atoms with van der Waals surface area (Å²) in [4.78, 5) is 17.1. The molecule has 0 radical (unpaired) electrons. The number of anilines is 1. The molecule has 0 fully saturated rings. The van der Waals surface area contributed by atoms with Crippen molar-refractivity contribution in [1.82, 2.24) is 19.6 Å². The predicted octanol–water partition coefficient (Wildman–Crippen LogP) is 4.87. The molecule has 0 spiro atoms. The van der Waals surface area contributed by atoms with Crippen LogP contribution in [-0.4, -0.2) is 45.1 Å². The molecule has 0 saturated heterocycles. The van der Waals surface area contributed by atoms with E-state index in [1.807, 2.05) is 35.6 Å². The number of aryl methyl sites for hydroxylation is 1. The summed E-state index contributed by atoms with van der Waals surface area (Å²) in [5.41, 5.74) is 2.92. The summed E-state index contributed by atoms with van der Waals surface area (Å²) >= 11 is 6.11. The van der Waals surface area contributed by atoms with Gasteiger partial charge in [0.25, 0.3) is 0 Å². The third kappa shape index (κ3) is 4.30. The van der Waals surface area contributed by atoms with Gasteiger partial charge < -0.3 is 14.8 Å². The van der Waals surface area contributed by atoms with Gasteiger partial charge in [-0.15, -0.1) is 10.2 Å². The number of aromatic nitrogens is 4. The first kappa shape index (κ1) is 21.5. The second-order valence-electron chi connectivity index (χ2n) is 7.99. The zero-order valence-corrected chi connectivity index (χ0v) is 19.1. The number of nitrogens with one attached hydrogen (secondary N) is 1. The van der Waals surface area contributed by atoms with Crippen LogP contribution in [0.3, 0.4) is 0 Å². The van der Waals surface area contributed by atoms with Gasteiger partial charge in [-0.1, -0.05) is 30.2 Å². The first-order valence-corrected chi connectivity index (χ1v) is 11.5. The molecule has 4 aromatic rings. The fraction of sp³-hybridized carbons (Fsp3) is 0.333. The van der Waals surface area contributed by atoms with Crippen LogP contribution in [0.1, 0.15) is 41.9 Å². The van der Waals surface area contributed by atoms with Crippen LogP contribution in [0.25, 0.3) is 16.7 Å². The number of carbonyl (C=O) groups excluding carboxylic acids is 1. The zero-order chi connectivity index (χ0) is 22.8. The number of unbranched alkanes of at least 4 members (excludes halogenated alkanes) is 2. The number of fused-ring (bicyclic) bond motifs is 4. The molecular weight excluding hydrogens is 442 g/mol. The Morgan fingerprint density at radius 3 is 2.70 bits per heavy atom. The predicted molar refractivity (Wildman–Crippen MR) is 127 cm³/mol. The van der Waals surface area contributed by atoms with E-state index < -0.39 is 0 Å². The van der Waals surface area contributed by atoms with Gasteiger partial charge in [-0.2, -0.15) is 0 Å². The molecule has 170 valence electrons. The molecule has 0 atom stereocenters. The number of ketones is 1. The number of hydrogen-bond donors (Lipinski definition) is 1. The Bertz CT molecular complexity index is 1340. The van der Waals surface area contributed by atoms with Crippen molar-refractivity contribution in [2.75, 3.05) is 25.1 Å². The quantitative estimate of drug-likeness (QED) is 0.293. The van der Waals surface area contributed by atoms with E-state index in [0.717, 1.165) is 36.1 Å². The Labute approximate surface area is 195 Å². The van der Waals surface area contributed by atoms with E-state index in [2.05, 4.69) is 15.5 Å². The van der Waals surface area contributed by atoms with Gasteiger partial charge in [-0.05, 0) is 31.9 Å². The smallest absolute Gasteiger partial charge is 0.204 e. The normalized spacial score (nSPS) is 12.9. The minimum Gasteiger partial charge on any atom is -0.486 e. The molecule has 2 aromatic carbocycles. The Kier molecular flexibility index (Phi) is 6.00. The molecule has 2 aromatic heterocycles. The molecular formula is C24H24ClN5O3. The third-order valence-electron chi connectivity index (χ3n) is 5.70. The molecule has 0 unspecified atom stereocenters. The summed E-state index contributed by atoms with van der Waals surface area (Å²) in [6, 6.07) is 11.0. The second kappa shape index (κ2) is 9.23. The third-order valence-corrected chi connectivity index (χ3v) is 6.03. The molecule has 3 heterocycles. The van der Waals surface area contributed by atoms with E-state index in [0.29, 0.717) is 59.7 Å². The highest BCUT2D eigenvalue weighted by atomic mass is 35.5. The van der Waals surface area contributed by atoms with Crippen LogP contribution >= 0.6 is 11.6 Å². The summed E-state index contributed by atoms with van der Waals surface area (Å²) in [6.07, 6.45) is 3.10. The van der Waals surface area contributed by atoms with Crippen LogP contribution in [0.5, 0.6) is 11.5 Å². The van der Waals surface area contributed by atoms with Gasteiger partial charge in [0.1, 0.15) is 19.0 Å². The number of halogens is 1. The lowest BCUT2D eigenvalue weighted by Gasteiger charge is -2.19. The number of carbonyl (C=O) groups is 1. The number of Topliss-reactive ketones (excluding diaryl/α,β-unsaturated/α-hetero) is 1. The molecule has 1 aliphatic rings. The minimum atomic E-state index is 0.0833. The summed E-state index contributed by atoms with van der Waals surface area (Å²) in [5.74, 6) is 2.93. The molecule has 0 aliphatic carbocycles. The second-order valence-corrected chi connectivity index (χ2v) is 8.40. The van der Waals surface area contributed by atoms with E-state index >= 15 is 0 Å². The van der Waals surface area contributed by atoms with E-state index in [1.165, 1.54) is 0 Å². The van der Waals surface area contributed by atoms with Crippen LogP contribution in [0.2, 0.25) is 5.02 Å². The Morgan fingerprint density at radius 2 is 1.88 bits per heavy atom. The van der Waals surface area contributed by atoms with E-state index in [4.69, 9.17) is 26.1 Å². The van der Waals surface area contributed by atoms with E-state index in [1.54, 1.807) is 12.1 Å². The Hall–Kier alpha value is -3.39. The lowest BCUT2D eigenvalue weighted by molar-refractivity contribution is 0.0979. The van der Waals surface area contributed by atoms with Crippen LogP contribution in [0, 0.1) is 6.92 Å². The van der Waals surface area contributed by atoms with Crippen molar-refractivity contribution < 1.29 is 14.3 Å². The van der Waals surface area contributed by atoms with Gasteiger partial charge in [0.2, 0.25) is 5.65 Å². The molecule has 9 heteroatoms. The monoisotopic (exact) mass is 465 g/mol. The number of ether oxygens (including phenoxy) is 2. The Morgan fingerprint density at radius 1 is 1.09 bits per heavy atom. The summed E-state index contributed by atoms with van der Waals surface area (Å²) in [7, 11) is 0. The summed E-state index contributed by atoms with van der Waals surface area (Å²) in [5, 5.41) is 12.5. The molecule has 33 heavy (non-hydrogen) atoms. The molecule has 0 amide bonds. The van der Waals surface area contributed by atoms with Crippen LogP contribution in [0.4, 0.5) is 5.82 Å². The first-order chi connectivity index (χ1) is 16.1. The first-order valence-electron chi connectivity index (χ1n) is 11.1. The highest BCUT2D eigenvalue weighted by molar-refractivity contribution is 6.33. The van der Waals surface area contributed by atoms with Crippen molar-refractivity contribution in [2.24, 2.45) is 0 Å². The number of rotatable bonds is 8. The maximum atomic E-state index is 12.3. The van der Waals surface area contributed by atoms with Gasteiger partial charge in [-0.3, -0.25) is 9.20 Å². The molecule has 0 saturated carbocycles. The maximum absolute atomic E-state index is 12.3. The zero-order valence-electron chi connectivity index (χ0n) is 18.3. The van der Waals surface area contributed by atoms with Gasteiger partial charge in [0.15, 0.2) is 23.1 Å². The van der Waals surface area contributed by atoms with Crippen LogP contribution in [0.15, 0.2) is 36.4 Å². The van der Waals surface area contributed by atoms with E-state index in [-0.39, 0.29) is 5.78 Å². The average Bonchev–Trinajstić information content (AvgIpc) is 3.22. The Balaban J connectivity index is 1.24. The number of hydrogen-bond acceptors (Lipinski definition) is 7. The van der Waals surface area contributed by atoms with Crippen molar-refractivity contribution >= 4 is 39.9 Å². The van der Waals surface area contributed by atoms with Crippen molar-refractivity contribution in [1.29, 1.82) is 0 Å². The number of nitrogens with zero attached hydrogens (tertiary/aromatic N) is 4. The maximum Gasteiger partial charge on any atom is 0.204 e. The van der Waals surface area contributed by atoms with E-state index in [9.17, 15) is 4.79 Å².